The summed E-state index contributed by atoms with van der Waals surface area (Å²) in [6, 6.07) is 11.4. The quantitative estimate of drug-likeness (QED) is 0.862. The minimum absolute atomic E-state index is 0.0220. The first-order valence-electron chi connectivity index (χ1n) is 9.14. The summed E-state index contributed by atoms with van der Waals surface area (Å²) in [5.41, 5.74) is 2.91. The summed E-state index contributed by atoms with van der Waals surface area (Å²) in [5.74, 6) is 2.02. The van der Waals surface area contributed by atoms with Gasteiger partial charge in [0.15, 0.2) is 6.61 Å². The fraction of sp³-hybridized carbons (Fsp3) is 0.409. The van der Waals surface area contributed by atoms with E-state index in [4.69, 9.17) is 14.2 Å². The van der Waals surface area contributed by atoms with Crippen molar-refractivity contribution in [3.8, 4) is 17.2 Å². The third kappa shape index (κ3) is 4.54. The van der Waals surface area contributed by atoms with Crippen LogP contribution in [0.15, 0.2) is 36.4 Å². The summed E-state index contributed by atoms with van der Waals surface area (Å²) in [6.07, 6.45) is 0.682. The number of hydrogen-bond donors (Lipinski definition) is 1. The van der Waals surface area contributed by atoms with Crippen molar-refractivity contribution < 1.29 is 19.0 Å². The highest BCUT2D eigenvalue weighted by Crippen LogP contribution is 2.41. The van der Waals surface area contributed by atoms with E-state index in [1.165, 1.54) is 5.56 Å². The lowest BCUT2D eigenvalue weighted by Crippen LogP contribution is -2.42. The van der Waals surface area contributed by atoms with Crippen molar-refractivity contribution in [3.63, 3.8) is 0 Å². The maximum absolute atomic E-state index is 12.5. The second-order valence-electron chi connectivity index (χ2n) is 7.62. The van der Waals surface area contributed by atoms with E-state index in [0.717, 1.165) is 22.6 Å². The molecular weight excluding hydrogens is 342 g/mol. The highest BCUT2D eigenvalue weighted by molar-refractivity contribution is 5.78. The van der Waals surface area contributed by atoms with E-state index in [2.05, 4.69) is 5.32 Å². The summed E-state index contributed by atoms with van der Waals surface area (Å²) >= 11 is 0. The van der Waals surface area contributed by atoms with Gasteiger partial charge < -0.3 is 19.5 Å². The van der Waals surface area contributed by atoms with Crippen molar-refractivity contribution >= 4 is 5.91 Å². The van der Waals surface area contributed by atoms with Crippen molar-refractivity contribution in [2.45, 2.75) is 45.8 Å². The molecule has 3 rings (SSSR count). The van der Waals surface area contributed by atoms with Gasteiger partial charge in [-0.05, 0) is 63.1 Å². The van der Waals surface area contributed by atoms with Crippen LogP contribution < -0.4 is 19.5 Å². The van der Waals surface area contributed by atoms with Crippen LogP contribution in [0.2, 0.25) is 0 Å². The fourth-order valence-corrected chi connectivity index (χ4v) is 3.28. The number of methoxy groups -OCH3 is 1. The maximum Gasteiger partial charge on any atom is 0.258 e. The number of nitrogens with one attached hydrogen (secondary N) is 1. The Hall–Kier alpha value is -2.69. The van der Waals surface area contributed by atoms with Crippen molar-refractivity contribution in [1.29, 1.82) is 0 Å². The zero-order valence-electron chi connectivity index (χ0n) is 16.6. The molecule has 1 aliphatic rings. The van der Waals surface area contributed by atoms with Crippen LogP contribution in [0.4, 0.5) is 0 Å². The van der Waals surface area contributed by atoms with E-state index < -0.39 is 0 Å². The van der Waals surface area contributed by atoms with Crippen LogP contribution >= 0.6 is 0 Å². The van der Waals surface area contributed by atoms with E-state index in [-0.39, 0.29) is 24.2 Å². The lowest BCUT2D eigenvalue weighted by Gasteiger charge is -2.38. The molecule has 2 aromatic carbocycles. The Morgan fingerprint density at radius 3 is 2.59 bits per heavy atom. The fourth-order valence-electron chi connectivity index (χ4n) is 3.28. The molecule has 2 aromatic rings. The summed E-state index contributed by atoms with van der Waals surface area (Å²) in [5, 5.41) is 3.08. The predicted octanol–water partition coefficient (Wildman–Crippen LogP) is 4.11. The molecule has 1 N–H and O–H groups in total. The molecule has 1 atom stereocenters. The number of amides is 1. The lowest BCUT2D eigenvalue weighted by molar-refractivity contribution is -0.124. The van der Waals surface area contributed by atoms with Gasteiger partial charge in [-0.15, -0.1) is 0 Å². The first kappa shape index (κ1) is 19.1. The zero-order chi connectivity index (χ0) is 19.6. The van der Waals surface area contributed by atoms with Crippen LogP contribution in [-0.4, -0.2) is 25.2 Å². The SMILES string of the molecule is COc1ccc2c(c1)OC(C)(C)C[C@H]2NC(=O)COc1ccc(C)c(C)c1. The number of carbonyl (C=O) groups is 1. The zero-order valence-corrected chi connectivity index (χ0v) is 16.6. The molecule has 1 aliphatic heterocycles. The molecule has 0 saturated carbocycles. The minimum atomic E-state index is -0.383. The van der Waals surface area contributed by atoms with Crippen molar-refractivity contribution in [3.05, 3.63) is 53.1 Å². The standard InChI is InChI=1S/C22H27NO4/c1-14-6-7-17(10-15(14)2)26-13-21(24)23-19-12-22(3,4)27-20-11-16(25-5)8-9-18(19)20/h6-11,19H,12-13H2,1-5H3,(H,23,24)/t19-/m1/s1. The van der Waals surface area contributed by atoms with E-state index >= 15 is 0 Å². The molecular formula is C22H27NO4. The smallest absolute Gasteiger partial charge is 0.258 e. The summed E-state index contributed by atoms with van der Waals surface area (Å²) in [4.78, 5) is 12.5. The number of aryl methyl sites for hydroxylation is 2. The van der Waals surface area contributed by atoms with Crippen molar-refractivity contribution in [2.75, 3.05) is 13.7 Å². The monoisotopic (exact) mass is 369 g/mol. The molecule has 0 aliphatic carbocycles. The van der Waals surface area contributed by atoms with E-state index in [1.807, 2.05) is 64.1 Å². The molecule has 144 valence electrons. The van der Waals surface area contributed by atoms with Crippen LogP contribution in [0.1, 0.15) is 43.0 Å². The normalized spacial score (nSPS) is 17.4. The van der Waals surface area contributed by atoms with Gasteiger partial charge in [-0.25, -0.2) is 0 Å². The van der Waals surface area contributed by atoms with Gasteiger partial charge in [0, 0.05) is 18.1 Å². The largest absolute Gasteiger partial charge is 0.497 e. The average Bonchev–Trinajstić information content (AvgIpc) is 2.61. The number of rotatable bonds is 5. The Morgan fingerprint density at radius 2 is 1.89 bits per heavy atom. The molecule has 5 heteroatoms. The molecule has 27 heavy (non-hydrogen) atoms. The summed E-state index contributed by atoms with van der Waals surface area (Å²) < 4.78 is 17.0. The van der Waals surface area contributed by atoms with Crippen LogP contribution in [0, 0.1) is 13.8 Å². The molecule has 5 nitrogen and oxygen atoms in total. The Kier molecular flexibility index (Phi) is 5.31. The Balaban J connectivity index is 1.69. The summed E-state index contributed by atoms with van der Waals surface area (Å²) in [7, 11) is 1.62. The van der Waals surface area contributed by atoms with Crippen molar-refractivity contribution in [2.24, 2.45) is 0 Å². The van der Waals surface area contributed by atoms with Crippen molar-refractivity contribution in [1.82, 2.24) is 5.32 Å². The Morgan fingerprint density at radius 1 is 1.15 bits per heavy atom. The molecule has 0 fully saturated rings. The van der Waals surface area contributed by atoms with Crippen LogP contribution in [0.3, 0.4) is 0 Å². The molecule has 0 radical (unpaired) electrons. The van der Waals surface area contributed by atoms with Gasteiger partial charge >= 0.3 is 0 Å². The topological polar surface area (TPSA) is 56.8 Å². The number of ether oxygens (including phenoxy) is 3. The predicted molar refractivity (Wildman–Crippen MR) is 105 cm³/mol. The van der Waals surface area contributed by atoms with Crippen LogP contribution in [-0.2, 0) is 4.79 Å². The number of carbonyl (C=O) groups excluding carboxylic acids is 1. The maximum atomic E-state index is 12.5. The highest BCUT2D eigenvalue weighted by atomic mass is 16.5. The van der Waals surface area contributed by atoms with E-state index in [0.29, 0.717) is 12.2 Å². The molecule has 0 spiro atoms. The third-order valence-corrected chi connectivity index (χ3v) is 4.86. The van der Waals surface area contributed by atoms with Gasteiger partial charge in [-0.3, -0.25) is 4.79 Å². The summed E-state index contributed by atoms with van der Waals surface area (Å²) in [6.45, 7) is 8.08. The van der Waals surface area contributed by atoms with Gasteiger partial charge in [0.25, 0.3) is 5.91 Å². The molecule has 1 heterocycles. The highest BCUT2D eigenvalue weighted by Gasteiger charge is 2.34. The molecule has 0 saturated heterocycles. The molecule has 0 aromatic heterocycles. The number of hydrogen-bond acceptors (Lipinski definition) is 4. The van der Waals surface area contributed by atoms with E-state index in [1.54, 1.807) is 7.11 Å². The lowest BCUT2D eigenvalue weighted by atomic mass is 9.89. The Bertz CT molecular complexity index is 844. The van der Waals surface area contributed by atoms with Gasteiger partial charge in [0.2, 0.25) is 0 Å². The number of benzene rings is 2. The molecule has 1 amide bonds. The first-order chi connectivity index (χ1) is 12.8. The van der Waals surface area contributed by atoms with E-state index in [9.17, 15) is 4.79 Å². The molecule has 0 unspecified atom stereocenters. The van der Waals surface area contributed by atoms with Crippen LogP contribution in [0.5, 0.6) is 17.2 Å². The Labute approximate surface area is 160 Å². The third-order valence-electron chi connectivity index (χ3n) is 4.86. The number of fused-ring (bicyclic) bond motifs is 1. The second kappa shape index (κ2) is 7.51. The van der Waals surface area contributed by atoms with Gasteiger partial charge in [0.05, 0.1) is 13.2 Å². The molecule has 0 bridgehead atoms. The minimum Gasteiger partial charge on any atom is -0.497 e. The average molecular weight is 369 g/mol. The van der Waals surface area contributed by atoms with Crippen LogP contribution in [0.25, 0.3) is 0 Å². The van der Waals surface area contributed by atoms with Gasteiger partial charge in [0.1, 0.15) is 22.8 Å². The van der Waals surface area contributed by atoms with Gasteiger partial charge in [-0.1, -0.05) is 6.07 Å². The first-order valence-corrected chi connectivity index (χ1v) is 9.14. The van der Waals surface area contributed by atoms with Gasteiger partial charge in [-0.2, -0.15) is 0 Å². The second-order valence-corrected chi connectivity index (χ2v) is 7.62.